The predicted octanol–water partition coefficient (Wildman–Crippen LogP) is 1.50. The number of nitrogens with one attached hydrogen (secondary N) is 3. The molecule has 1 aromatic heterocycles. The highest BCUT2D eigenvalue weighted by Crippen LogP contribution is 2.23. The number of anilines is 1. The van der Waals surface area contributed by atoms with Gasteiger partial charge in [-0.3, -0.25) is 19.4 Å². The quantitative estimate of drug-likeness (QED) is 0.637. The maximum Gasteiger partial charge on any atom is 0.326 e. The molecule has 32 heavy (non-hydrogen) atoms. The van der Waals surface area contributed by atoms with Gasteiger partial charge in [-0.25, -0.2) is 4.79 Å². The molecule has 0 saturated heterocycles. The Kier molecular flexibility index (Phi) is 9.22. The van der Waals surface area contributed by atoms with Gasteiger partial charge in [-0.15, -0.1) is 12.4 Å². The molecular weight excluding hydrogens is 434 g/mol. The summed E-state index contributed by atoms with van der Waals surface area (Å²) >= 11 is 0. The molecule has 3 rings (SSSR count). The second-order valence-corrected chi connectivity index (χ2v) is 8.10. The zero-order valence-electron chi connectivity index (χ0n) is 18.3. The molecule has 0 radical (unpaired) electrons. The third kappa shape index (κ3) is 6.54. The van der Waals surface area contributed by atoms with E-state index in [2.05, 4.69) is 15.3 Å². The summed E-state index contributed by atoms with van der Waals surface area (Å²) in [4.78, 5) is 56.9. The van der Waals surface area contributed by atoms with Crippen LogP contribution in [0.25, 0.3) is 0 Å². The van der Waals surface area contributed by atoms with Crippen molar-refractivity contribution in [2.45, 2.75) is 33.2 Å². The van der Waals surface area contributed by atoms with E-state index in [1.807, 2.05) is 38.1 Å². The number of aromatic amines is 2. The number of halogens is 1. The Balaban J connectivity index is 0.00000363. The Labute approximate surface area is 192 Å². The van der Waals surface area contributed by atoms with Crippen LogP contribution >= 0.6 is 12.4 Å². The van der Waals surface area contributed by atoms with E-state index in [-0.39, 0.29) is 29.9 Å². The van der Waals surface area contributed by atoms with Gasteiger partial charge in [0.15, 0.2) is 0 Å². The largest absolute Gasteiger partial charge is 0.336 e. The SMILES string of the molecule is CC(C)CC(=O)N1CCCN(C(=O)c2cc(=O)[nH]c(=O)[nH]2)CCNCc2ccccc21.Cl. The van der Waals surface area contributed by atoms with Crippen LogP contribution in [0, 0.1) is 5.92 Å². The molecule has 0 fully saturated rings. The lowest BCUT2D eigenvalue weighted by Crippen LogP contribution is -2.40. The monoisotopic (exact) mass is 463 g/mol. The first-order valence-electron chi connectivity index (χ1n) is 10.6. The number of amides is 2. The fourth-order valence-electron chi connectivity index (χ4n) is 3.69. The molecule has 0 aliphatic carbocycles. The molecule has 0 unspecified atom stereocenters. The summed E-state index contributed by atoms with van der Waals surface area (Å²) in [6, 6.07) is 8.92. The van der Waals surface area contributed by atoms with Crippen LogP contribution < -0.4 is 21.5 Å². The molecule has 0 spiro atoms. The molecule has 2 amide bonds. The molecule has 9 nitrogen and oxygen atoms in total. The molecule has 1 aliphatic rings. The van der Waals surface area contributed by atoms with Crippen LogP contribution in [-0.4, -0.2) is 52.9 Å². The Morgan fingerprint density at radius 2 is 1.81 bits per heavy atom. The molecule has 2 aromatic rings. The molecule has 1 aliphatic heterocycles. The van der Waals surface area contributed by atoms with Gasteiger partial charge < -0.3 is 20.1 Å². The molecule has 10 heteroatoms. The molecule has 3 N–H and O–H groups in total. The number of hydrogen-bond acceptors (Lipinski definition) is 5. The topological polar surface area (TPSA) is 118 Å². The normalized spacial score (nSPS) is 14.8. The van der Waals surface area contributed by atoms with Crippen LogP contribution in [0.4, 0.5) is 5.69 Å². The highest BCUT2D eigenvalue weighted by atomic mass is 35.5. The Morgan fingerprint density at radius 1 is 1.06 bits per heavy atom. The molecule has 2 heterocycles. The third-order valence-corrected chi connectivity index (χ3v) is 5.13. The van der Waals surface area contributed by atoms with Crippen molar-refractivity contribution in [3.63, 3.8) is 0 Å². The van der Waals surface area contributed by atoms with E-state index in [4.69, 9.17) is 0 Å². The maximum absolute atomic E-state index is 13.0. The predicted molar refractivity (Wildman–Crippen MR) is 125 cm³/mol. The summed E-state index contributed by atoms with van der Waals surface area (Å²) in [5.74, 6) is -0.123. The van der Waals surface area contributed by atoms with Gasteiger partial charge in [0.2, 0.25) is 5.91 Å². The van der Waals surface area contributed by atoms with E-state index in [9.17, 15) is 19.2 Å². The van der Waals surface area contributed by atoms with Gasteiger partial charge >= 0.3 is 5.69 Å². The highest BCUT2D eigenvalue weighted by Gasteiger charge is 2.22. The second kappa shape index (κ2) is 11.6. The summed E-state index contributed by atoms with van der Waals surface area (Å²) in [7, 11) is 0. The molecule has 0 saturated carbocycles. The molecule has 1 aromatic carbocycles. The first-order chi connectivity index (χ1) is 14.8. The number of fused-ring (bicyclic) bond motifs is 1. The zero-order chi connectivity index (χ0) is 22.4. The molecule has 0 atom stereocenters. The van der Waals surface area contributed by atoms with Gasteiger partial charge in [0.05, 0.1) is 0 Å². The third-order valence-electron chi connectivity index (χ3n) is 5.13. The summed E-state index contributed by atoms with van der Waals surface area (Å²) < 4.78 is 0. The van der Waals surface area contributed by atoms with Gasteiger partial charge in [-0.2, -0.15) is 0 Å². The number of benzene rings is 1. The summed E-state index contributed by atoms with van der Waals surface area (Å²) in [6.45, 7) is 6.40. The van der Waals surface area contributed by atoms with E-state index in [1.165, 1.54) is 0 Å². The van der Waals surface area contributed by atoms with E-state index in [1.54, 1.807) is 9.80 Å². The average Bonchev–Trinajstić information content (AvgIpc) is 2.75. The maximum atomic E-state index is 13.0. The van der Waals surface area contributed by atoms with Gasteiger partial charge in [-0.05, 0) is 24.0 Å². The van der Waals surface area contributed by atoms with E-state index in [0.717, 1.165) is 17.3 Å². The van der Waals surface area contributed by atoms with Crippen LogP contribution in [0.15, 0.2) is 39.9 Å². The van der Waals surface area contributed by atoms with Crippen molar-refractivity contribution in [3.05, 3.63) is 62.4 Å². The number of aromatic nitrogens is 2. The van der Waals surface area contributed by atoms with Crippen molar-refractivity contribution in [1.82, 2.24) is 20.2 Å². The van der Waals surface area contributed by atoms with Gasteiger partial charge in [0, 0.05) is 50.9 Å². The Hall–Kier alpha value is -2.91. The smallest absolute Gasteiger partial charge is 0.326 e. The van der Waals surface area contributed by atoms with Gasteiger partial charge in [-0.1, -0.05) is 32.0 Å². The standard InChI is InChI=1S/C22H29N5O4.ClH/c1-15(2)12-20(29)27-10-5-9-26(21(30)17-13-19(28)25-22(31)24-17)11-8-23-14-16-6-3-4-7-18(16)27;/h3-4,6-7,13,15,23H,5,8-12,14H2,1-2H3,(H2,24,25,28,31);1H. The number of hydrogen-bond donors (Lipinski definition) is 3. The Bertz CT molecular complexity index is 1020. The Morgan fingerprint density at radius 3 is 2.53 bits per heavy atom. The van der Waals surface area contributed by atoms with Crippen molar-refractivity contribution in [3.8, 4) is 0 Å². The zero-order valence-corrected chi connectivity index (χ0v) is 19.2. The lowest BCUT2D eigenvalue weighted by atomic mass is 10.1. The van der Waals surface area contributed by atoms with E-state index < -0.39 is 17.2 Å². The van der Waals surface area contributed by atoms with Crippen LogP contribution in [-0.2, 0) is 11.3 Å². The average molecular weight is 464 g/mol. The van der Waals surface area contributed by atoms with Gasteiger partial charge in [0.25, 0.3) is 11.5 Å². The fourth-order valence-corrected chi connectivity index (χ4v) is 3.69. The molecule has 0 bridgehead atoms. The summed E-state index contributed by atoms with van der Waals surface area (Å²) in [5, 5.41) is 3.33. The number of carbonyl (C=O) groups excluding carboxylic acids is 2. The van der Waals surface area contributed by atoms with Crippen LogP contribution in [0.1, 0.15) is 42.7 Å². The van der Waals surface area contributed by atoms with Crippen molar-refractivity contribution in [2.24, 2.45) is 5.92 Å². The van der Waals surface area contributed by atoms with Crippen molar-refractivity contribution < 1.29 is 9.59 Å². The molecule has 174 valence electrons. The van der Waals surface area contributed by atoms with E-state index >= 15 is 0 Å². The number of nitrogens with zero attached hydrogens (tertiary/aromatic N) is 2. The van der Waals surface area contributed by atoms with Crippen LogP contribution in [0.5, 0.6) is 0 Å². The first-order valence-corrected chi connectivity index (χ1v) is 10.6. The fraction of sp³-hybridized carbons (Fsp3) is 0.455. The van der Waals surface area contributed by atoms with Crippen molar-refractivity contribution in [1.29, 1.82) is 0 Å². The minimum atomic E-state index is -0.715. The first kappa shape index (κ1) is 25.4. The van der Waals surface area contributed by atoms with E-state index in [0.29, 0.717) is 45.6 Å². The molecular formula is C22H30ClN5O4. The highest BCUT2D eigenvalue weighted by molar-refractivity contribution is 5.94. The number of H-pyrrole nitrogens is 2. The number of para-hydroxylation sites is 1. The van der Waals surface area contributed by atoms with Crippen molar-refractivity contribution >= 4 is 29.9 Å². The second-order valence-electron chi connectivity index (χ2n) is 8.10. The summed E-state index contributed by atoms with van der Waals surface area (Å²) in [5.41, 5.74) is 0.536. The van der Waals surface area contributed by atoms with Crippen LogP contribution in [0.3, 0.4) is 0 Å². The van der Waals surface area contributed by atoms with Crippen LogP contribution in [0.2, 0.25) is 0 Å². The summed E-state index contributed by atoms with van der Waals surface area (Å²) in [6.07, 6.45) is 1.01. The lowest BCUT2D eigenvalue weighted by molar-refractivity contribution is -0.119. The van der Waals surface area contributed by atoms with Gasteiger partial charge in [0.1, 0.15) is 5.69 Å². The van der Waals surface area contributed by atoms with Crippen molar-refractivity contribution in [2.75, 3.05) is 31.1 Å². The number of rotatable bonds is 3. The number of carbonyl (C=O) groups is 2. The minimum absolute atomic E-state index is 0. The lowest BCUT2D eigenvalue weighted by Gasteiger charge is -2.27. The minimum Gasteiger partial charge on any atom is -0.336 e.